The Labute approximate surface area is 261 Å². The number of amides is 2. The Morgan fingerprint density at radius 3 is 1.98 bits per heavy atom. The van der Waals surface area contributed by atoms with Crippen molar-refractivity contribution in [3.05, 3.63) is 92.4 Å². The molecular weight excluding hydrogens is 628 g/mol. The molecule has 0 saturated carbocycles. The van der Waals surface area contributed by atoms with Crippen molar-refractivity contribution in [3.63, 3.8) is 0 Å². The maximum Gasteiger partial charge on any atom is 0.264 e. The van der Waals surface area contributed by atoms with Gasteiger partial charge in [-0.05, 0) is 75.2 Å². The lowest BCUT2D eigenvalue weighted by Gasteiger charge is -2.35. The summed E-state index contributed by atoms with van der Waals surface area (Å²) in [6, 6.07) is 16.0. The van der Waals surface area contributed by atoms with Crippen LogP contribution in [0, 0.1) is 0 Å². The third kappa shape index (κ3) is 8.52. The molecule has 3 aromatic carbocycles. The maximum atomic E-state index is 14.1. The molecular formula is C29H31Cl4N3O4S. The number of halogens is 4. The van der Waals surface area contributed by atoms with Gasteiger partial charge in [-0.1, -0.05) is 77.6 Å². The summed E-state index contributed by atoms with van der Waals surface area (Å²) >= 11 is 24.7. The molecule has 1 atom stereocenters. The van der Waals surface area contributed by atoms with E-state index in [0.717, 1.165) is 4.31 Å². The quantitative estimate of drug-likeness (QED) is 0.249. The molecule has 3 aromatic rings. The molecule has 3 rings (SSSR count). The molecule has 0 radical (unpaired) electrons. The fraction of sp³-hybridized carbons (Fsp3) is 0.310. The van der Waals surface area contributed by atoms with E-state index < -0.39 is 34.1 Å². The number of nitrogens with zero attached hydrogens (tertiary/aromatic N) is 2. The zero-order valence-corrected chi connectivity index (χ0v) is 26.8. The van der Waals surface area contributed by atoms with Crippen LogP contribution in [0.25, 0.3) is 0 Å². The summed E-state index contributed by atoms with van der Waals surface area (Å²) in [5.41, 5.74) is 0.186. The predicted octanol–water partition coefficient (Wildman–Crippen LogP) is 7.22. The van der Waals surface area contributed by atoms with Crippen molar-refractivity contribution in [1.29, 1.82) is 0 Å². The Bertz CT molecular complexity index is 1510. The van der Waals surface area contributed by atoms with Gasteiger partial charge in [0.1, 0.15) is 12.6 Å². The number of carbonyl (C=O) groups is 2. The third-order valence-corrected chi connectivity index (χ3v) is 9.29. The van der Waals surface area contributed by atoms with Crippen molar-refractivity contribution in [3.8, 4) is 0 Å². The first-order valence-corrected chi connectivity index (χ1v) is 15.7. The summed E-state index contributed by atoms with van der Waals surface area (Å²) in [4.78, 5) is 28.8. The minimum absolute atomic E-state index is 0.0209. The van der Waals surface area contributed by atoms with E-state index in [0.29, 0.717) is 10.6 Å². The highest BCUT2D eigenvalue weighted by atomic mass is 35.5. The highest BCUT2D eigenvalue weighted by Crippen LogP contribution is 2.31. The minimum atomic E-state index is -4.23. The fourth-order valence-electron chi connectivity index (χ4n) is 4.10. The van der Waals surface area contributed by atoms with Crippen LogP contribution in [0.15, 0.2) is 71.6 Å². The van der Waals surface area contributed by atoms with E-state index in [-0.39, 0.29) is 44.5 Å². The van der Waals surface area contributed by atoms with E-state index in [9.17, 15) is 18.0 Å². The standard InChI is InChI=1S/C29H31Cl4N3O4S/c1-5-26(28(38)34-29(2,3)4)35(17-19-11-13-22(30)24(32)15-19)27(37)18-36(20-12-14-23(31)25(33)16-20)41(39,40)21-9-7-6-8-10-21/h6-16,26H,5,17-18H2,1-4H3,(H,34,38). The van der Waals surface area contributed by atoms with Crippen molar-refractivity contribution in [2.24, 2.45) is 0 Å². The second-order valence-corrected chi connectivity index (χ2v) is 13.8. The van der Waals surface area contributed by atoms with E-state index in [4.69, 9.17) is 46.4 Å². The molecule has 0 aliphatic heterocycles. The third-order valence-electron chi connectivity index (χ3n) is 6.02. The van der Waals surface area contributed by atoms with Crippen molar-refractivity contribution in [1.82, 2.24) is 10.2 Å². The number of sulfonamides is 1. The summed E-state index contributed by atoms with van der Waals surface area (Å²) in [5, 5.41) is 3.89. The van der Waals surface area contributed by atoms with Gasteiger partial charge in [0.2, 0.25) is 11.8 Å². The molecule has 0 aromatic heterocycles. The highest BCUT2D eigenvalue weighted by molar-refractivity contribution is 7.92. The van der Waals surface area contributed by atoms with Gasteiger partial charge in [0.05, 0.1) is 30.7 Å². The van der Waals surface area contributed by atoms with E-state index in [2.05, 4.69) is 5.32 Å². The van der Waals surface area contributed by atoms with E-state index in [1.54, 1.807) is 43.3 Å². The van der Waals surface area contributed by atoms with E-state index >= 15 is 0 Å². The zero-order chi connectivity index (χ0) is 30.5. The van der Waals surface area contributed by atoms with Crippen LogP contribution in [-0.4, -0.2) is 43.3 Å². The van der Waals surface area contributed by atoms with Gasteiger partial charge < -0.3 is 10.2 Å². The maximum absolute atomic E-state index is 14.1. The molecule has 0 saturated heterocycles. The van der Waals surface area contributed by atoms with Crippen LogP contribution < -0.4 is 9.62 Å². The first-order valence-electron chi connectivity index (χ1n) is 12.7. The molecule has 0 aliphatic rings. The van der Waals surface area contributed by atoms with Crippen LogP contribution in [0.3, 0.4) is 0 Å². The molecule has 2 amide bonds. The van der Waals surface area contributed by atoms with Gasteiger partial charge in [-0.15, -0.1) is 0 Å². The average Bonchev–Trinajstić information content (AvgIpc) is 2.90. The van der Waals surface area contributed by atoms with E-state index in [1.165, 1.54) is 35.2 Å². The van der Waals surface area contributed by atoms with Gasteiger partial charge in [-0.2, -0.15) is 0 Å². The van der Waals surface area contributed by atoms with Crippen molar-refractivity contribution in [2.75, 3.05) is 10.8 Å². The summed E-state index contributed by atoms with van der Waals surface area (Å²) in [6.07, 6.45) is 0.271. The van der Waals surface area contributed by atoms with Crippen molar-refractivity contribution in [2.45, 2.75) is 57.1 Å². The zero-order valence-electron chi connectivity index (χ0n) is 23.0. The summed E-state index contributed by atoms with van der Waals surface area (Å²) in [5.74, 6) is -0.988. The predicted molar refractivity (Wildman–Crippen MR) is 166 cm³/mol. The number of anilines is 1. The monoisotopic (exact) mass is 657 g/mol. The number of benzene rings is 3. The SMILES string of the molecule is CCC(C(=O)NC(C)(C)C)N(Cc1ccc(Cl)c(Cl)c1)C(=O)CN(c1ccc(Cl)c(Cl)c1)S(=O)(=O)c1ccccc1. The van der Waals surface area contributed by atoms with Crippen molar-refractivity contribution < 1.29 is 18.0 Å². The normalized spacial score (nSPS) is 12.5. The second kappa shape index (κ2) is 13.7. The van der Waals surface area contributed by atoms with Crippen LogP contribution in [0.4, 0.5) is 5.69 Å². The molecule has 0 fully saturated rings. The van der Waals surface area contributed by atoms with Crippen LogP contribution in [-0.2, 0) is 26.2 Å². The van der Waals surface area contributed by atoms with Gasteiger partial charge in [-0.25, -0.2) is 8.42 Å². The number of hydrogen-bond donors (Lipinski definition) is 1. The minimum Gasteiger partial charge on any atom is -0.350 e. The van der Waals surface area contributed by atoms with Gasteiger partial charge >= 0.3 is 0 Å². The smallest absolute Gasteiger partial charge is 0.264 e. The Hall–Kier alpha value is -2.49. The molecule has 7 nitrogen and oxygen atoms in total. The number of carbonyl (C=O) groups excluding carboxylic acids is 2. The number of rotatable bonds is 10. The Morgan fingerprint density at radius 2 is 1.44 bits per heavy atom. The number of hydrogen-bond acceptors (Lipinski definition) is 4. The van der Waals surface area contributed by atoms with E-state index in [1.807, 2.05) is 20.8 Å². The molecule has 1 N–H and O–H groups in total. The van der Waals surface area contributed by atoms with Crippen LogP contribution in [0.5, 0.6) is 0 Å². The molecule has 41 heavy (non-hydrogen) atoms. The Kier molecular flexibility index (Phi) is 11.0. The second-order valence-electron chi connectivity index (χ2n) is 10.4. The average molecular weight is 659 g/mol. The van der Waals surface area contributed by atoms with Gasteiger partial charge in [0.25, 0.3) is 10.0 Å². The highest BCUT2D eigenvalue weighted by Gasteiger charge is 2.34. The fourth-order valence-corrected chi connectivity index (χ4v) is 6.14. The summed E-state index contributed by atoms with van der Waals surface area (Å²) < 4.78 is 28.7. The first kappa shape index (κ1) is 33.0. The largest absolute Gasteiger partial charge is 0.350 e. The molecule has 220 valence electrons. The van der Waals surface area contributed by atoms with Crippen LogP contribution >= 0.6 is 46.4 Å². The van der Waals surface area contributed by atoms with Gasteiger partial charge in [-0.3, -0.25) is 13.9 Å². The lowest BCUT2D eigenvalue weighted by molar-refractivity contribution is -0.141. The van der Waals surface area contributed by atoms with Crippen LogP contribution in [0.1, 0.15) is 39.7 Å². The van der Waals surface area contributed by atoms with Crippen LogP contribution in [0.2, 0.25) is 20.1 Å². The summed E-state index contributed by atoms with van der Waals surface area (Å²) in [6.45, 7) is 6.64. The van der Waals surface area contributed by atoms with Gasteiger partial charge in [0.15, 0.2) is 0 Å². The number of nitrogens with one attached hydrogen (secondary N) is 1. The Morgan fingerprint density at radius 1 is 0.854 bits per heavy atom. The molecule has 1 unspecified atom stereocenters. The lowest BCUT2D eigenvalue weighted by atomic mass is 10.1. The Balaban J connectivity index is 2.10. The van der Waals surface area contributed by atoms with Crippen molar-refractivity contribution >= 4 is 73.9 Å². The first-order chi connectivity index (χ1) is 19.1. The topological polar surface area (TPSA) is 86.8 Å². The lowest BCUT2D eigenvalue weighted by Crippen LogP contribution is -2.55. The summed E-state index contributed by atoms with van der Waals surface area (Å²) in [7, 11) is -4.23. The molecule has 0 spiro atoms. The van der Waals surface area contributed by atoms with Gasteiger partial charge in [0, 0.05) is 12.1 Å². The molecule has 0 bridgehead atoms. The molecule has 0 aliphatic carbocycles. The molecule has 12 heteroatoms. The molecule has 0 heterocycles.